The van der Waals surface area contributed by atoms with E-state index in [1.54, 1.807) is 0 Å². The summed E-state index contributed by atoms with van der Waals surface area (Å²) in [7, 11) is 1.97. The molecule has 2 aromatic heterocycles. The van der Waals surface area contributed by atoms with Crippen LogP contribution in [0.3, 0.4) is 0 Å². The molecule has 0 amide bonds. The molecule has 2 N–H and O–H groups in total. The number of ether oxygens (including phenoxy) is 1. The predicted molar refractivity (Wildman–Crippen MR) is 85.3 cm³/mol. The van der Waals surface area contributed by atoms with E-state index in [0.717, 1.165) is 36.7 Å². The minimum absolute atomic E-state index is 0.0204. The quantitative estimate of drug-likeness (QED) is 0.932. The smallest absolute Gasteiger partial charge is 0.112 e. The lowest BCUT2D eigenvalue weighted by molar-refractivity contribution is -0.0350. The molecule has 1 saturated heterocycles. The van der Waals surface area contributed by atoms with Gasteiger partial charge in [0, 0.05) is 49.3 Å². The van der Waals surface area contributed by atoms with Crippen molar-refractivity contribution in [3.8, 4) is 0 Å². The lowest BCUT2D eigenvalue weighted by atomic mass is 10.1. The SMILES string of the molecule is Cc1cc(N)cc([C@@H]2CN(Cc3cnn(C)c3C)CCO2)n1. The fourth-order valence-electron chi connectivity index (χ4n) is 2.85. The first-order chi connectivity index (χ1) is 10.5. The van der Waals surface area contributed by atoms with Gasteiger partial charge in [0.05, 0.1) is 18.5 Å². The molecule has 0 unspecified atom stereocenters. The topological polar surface area (TPSA) is 69.2 Å². The molecule has 3 heterocycles. The molecule has 6 nitrogen and oxygen atoms in total. The summed E-state index contributed by atoms with van der Waals surface area (Å²) in [4.78, 5) is 6.96. The molecule has 1 atom stereocenters. The Hall–Kier alpha value is -1.92. The standard InChI is InChI=1S/C16H23N5O/c1-11-6-14(17)7-15(19-11)16-10-21(4-5-22-16)9-13-8-18-20(3)12(13)2/h6-8,16H,4-5,9-10H2,1-3H3,(H2,17,19)/t16-/m0/s1. The van der Waals surface area contributed by atoms with Crippen LogP contribution in [0.5, 0.6) is 0 Å². The summed E-state index contributed by atoms with van der Waals surface area (Å²) in [5.74, 6) is 0. The van der Waals surface area contributed by atoms with Gasteiger partial charge in [0.15, 0.2) is 0 Å². The highest BCUT2D eigenvalue weighted by atomic mass is 16.5. The number of nitrogens with zero attached hydrogens (tertiary/aromatic N) is 4. The molecule has 1 fully saturated rings. The van der Waals surface area contributed by atoms with Crippen LogP contribution in [0, 0.1) is 13.8 Å². The van der Waals surface area contributed by atoms with Gasteiger partial charge < -0.3 is 10.5 Å². The molecule has 118 valence electrons. The summed E-state index contributed by atoms with van der Waals surface area (Å²) in [5, 5.41) is 4.31. The zero-order valence-electron chi connectivity index (χ0n) is 13.4. The van der Waals surface area contributed by atoms with Crippen LogP contribution in [-0.2, 0) is 18.3 Å². The Bertz CT molecular complexity index is 646. The molecular weight excluding hydrogens is 278 g/mol. The molecule has 0 spiro atoms. The largest absolute Gasteiger partial charge is 0.399 e. The van der Waals surface area contributed by atoms with Crippen LogP contribution in [-0.4, -0.2) is 39.4 Å². The maximum absolute atomic E-state index is 5.93. The monoisotopic (exact) mass is 301 g/mol. The van der Waals surface area contributed by atoms with E-state index < -0.39 is 0 Å². The van der Waals surface area contributed by atoms with Crippen molar-refractivity contribution in [2.45, 2.75) is 26.5 Å². The minimum Gasteiger partial charge on any atom is -0.399 e. The first-order valence-corrected chi connectivity index (χ1v) is 7.58. The molecule has 0 aromatic carbocycles. The summed E-state index contributed by atoms with van der Waals surface area (Å²) < 4.78 is 7.81. The average molecular weight is 301 g/mol. The minimum atomic E-state index is -0.0204. The van der Waals surface area contributed by atoms with Crippen molar-refractivity contribution in [3.05, 3.63) is 41.0 Å². The molecule has 1 aliphatic heterocycles. The molecular formula is C16H23N5O. The Kier molecular flexibility index (Phi) is 4.13. The zero-order chi connectivity index (χ0) is 15.7. The first-order valence-electron chi connectivity index (χ1n) is 7.58. The van der Waals surface area contributed by atoms with E-state index in [-0.39, 0.29) is 6.10 Å². The third-order valence-corrected chi connectivity index (χ3v) is 4.21. The van der Waals surface area contributed by atoms with Gasteiger partial charge in [0.25, 0.3) is 0 Å². The second kappa shape index (κ2) is 6.06. The van der Waals surface area contributed by atoms with Crippen molar-refractivity contribution in [1.82, 2.24) is 19.7 Å². The second-order valence-corrected chi connectivity index (χ2v) is 5.94. The van der Waals surface area contributed by atoms with E-state index in [0.29, 0.717) is 6.61 Å². The van der Waals surface area contributed by atoms with E-state index in [1.165, 1.54) is 11.3 Å². The number of nitrogens with two attached hydrogens (primary N) is 1. The highest BCUT2D eigenvalue weighted by molar-refractivity contribution is 5.40. The third-order valence-electron chi connectivity index (χ3n) is 4.21. The van der Waals surface area contributed by atoms with E-state index in [9.17, 15) is 0 Å². The number of anilines is 1. The average Bonchev–Trinajstić information content (AvgIpc) is 2.79. The van der Waals surface area contributed by atoms with Crippen LogP contribution in [0.2, 0.25) is 0 Å². The van der Waals surface area contributed by atoms with Crippen LogP contribution in [0.25, 0.3) is 0 Å². The number of morpholine rings is 1. The van der Waals surface area contributed by atoms with Gasteiger partial charge in [-0.1, -0.05) is 0 Å². The Labute approximate surface area is 130 Å². The summed E-state index contributed by atoms with van der Waals surface area (Å²) in [6.07, 6.45) is 1.93. The molecule has 0 saturated carbocycles. The normalized spacial score (nSPS) is 19.5. The van der Waals surface area contributed by atoms with Crippen LogP contribution < -0.4 is 5.73 Å². The molecule has 2 aromatic rings. The van der Waals surface area contributed by atoms with Crippen LogP contribution in [0.1, 0.15) is 28.7 Å². The Balaban J connectivity index is 1.72. The Morgan fingerprint density at radius 2 is 2.18 bits per heavy atom. The van der Waals surface area contributed by atoms with Crippen molar-refractivity contribution in [1.29, 1.82) is 0 Å². The van der Waals surface area contributed by atoms with Crippen LogP contribution in [0.15, 0.2) is 18.3 Å². The molecule has 1 aliphatic rings. The highest BCUT2D eigenvalue weighted by Gasteiger charge is 2.24. The molecule has 0 aliphatic carbocycles. The summed E-state index contributed by atoms with van der Waals surface area (Å²) in [6.45, 7) is 7.40. The lowest BCUT2D eigenvalue weighted by Gasteiger charge is -2.32. The second-order valence-electron chi connectivity index (χ2n) is 5.94. The molecule has 6 heteroatoms. The van der Waals surface area contributed by atoms with Gasteiger partial charge >= 0.3 is 0 Å². The summed E-state index contributed by atoms with van der Waals surface area (Å²) in [5.41, 5.74) is 11.0. The van der Waals surface area contributed by atoms with Crippen molar-refractivity contribution in [2.75, 3.05) is 25.4 Å². The maximum atomic E-state index is 5.93. The van der Waals surface area contributed by atoms with E-state index in [2.05, 4.69) is 21.9 Å². The van der Waals surface area contributed by atoms with Gasteiger partial charge in [-0.3, -0.25) is 14.6 Å². The fraction of sp³-hybridized carbons (Fsp3) is 0.500. The van der Waals surface area contributed by atoms with Gasteiger partial charge in [-0.05, 0) is 26.0 Å². The number of hydrogen-bond donors (Lipinski definition) is 1. The fourth-order valence-corrected chi connectivity index (χ4v) is 2.85. The Morgan fingerprint density at radius 1 is 1.36 bits per heavy atom. The molecule has 22 heavy (non-hydrogen) atoms. The number of aryl methyl sites for hydroxylation is 2. The van der Waals surface area contributed by atoms with Gasteiger partial charge in [-0.25, -0.2) is 0 Å². The number of hydrogen-bond acceptors (Lipinski definition) is 5. The van der Waals surface area contributed by atoms with Crippen molar-refractivity contribution >= 4 is 5.69 Å². The molecule has 0 radical (unpaired) electrons. The predicted octanol–water partition coefficient (Wildman–Crippen LogP) is 1.59. The summed E-state index contributed by atoms with van der Waals surface area (Å²) >= 11 is 0. The number of nitrogen functional groups attached to an aromatic ring is 1. The zero-order valence-corrected chi connectivity index (χ0v) is 13.4. The number of aromatic nitrogens is 3. The van der Waals surface area contributed by atoms with E-state index in [1.807, 2.05) is 37.0 Å². The van der Waals surface area contributed by atoms with Crippen LogP contribution >= 0.6 is 0 Å². The van der Waals surface area contributed by atoms with Gasteiger partial charge in [0.2, 0.25) is 0 Å². The Morgan fingerprint density at radius 3 is 2.86 bits per heavy atom. The van der Waals surface area contributed by atoms with Crippen molar-refractivity contribution in [2.24, 2.45) is 7.05 Å². The van der Waals surface area contributed by atoms with E-state index in [4.69, 9.17) is 10.5 Å². The lowest BCUT2D eigenvalue weighted by Crippen LogP contribution is -2.38. The molecule has 3 rings (SSSR count). The maximum Gasteiger partial charge on any atom is 0.112 e. The number of rotatable bonds is 3. The molecule has 0 bridgehead atoms. The third kappa shape index (κ3) is 3.13. The van der Waals surface area contributed by atoms with E-state index >= 15 is 0 Å². The van der Waals surface area contributed by atoms with Gasteiger partial charge in [-0.2, -0.15) is 5.10 Å². The summed E-state index contributed by atoms with van der Waals surface area (Å²) in [6, 6.07) is 3.79. The van der Waals surface area contributed by atoms with Gasteiger partial charge in [0.1, 0.15) is 6.10 Å². The van der Waals surface area contributed by atoms with Crippen molar-refractivity contribution in [3.63, 3.8) is 0 Å². The first kappa shape index (κ1) is 15.0. The van der Waals surface area contributed by atoms with Crippen LogP contribution in [0.4, 0.5) is 5.69 Å². The number of pyridine rings is 1. The highest BCUT2D eigenvalue weighted by Crippen LogP contribution is 2.24. The van der Waals surface area contributed by atoms with Crippen molar-refractivity contribution < 1.29 is 4.74 Å². The van der Waals surface area contributed by atoms with Gasteiger partial charge in [-0.15, -0.1) is 0 Å².